The minimum absolute atomic E-state index is 0.306. The Balaban J connectivity index is 1.22. The first-order valence-electron chi connectivity index (χ1n) is 11.1. The van der Waals surface area contributed by atoms with Crippen LogP contribution < -0.4 is 0 Å². The van der Waals surface area contributed by atoms with E-state index in [9.17, 15) is 0 Å². The first-order chi connectivity index (χ1) is 12.0. The maximum absolute atomic E-state index is 6.63. The highest BCUT2D eigenvalue weighted by molar-refractivity contribution is 5.19. The molecule has 0 saturated heterocycles. The van der Waals surface area contributed by atoms with Crippen LogP contribution in [-0.2, 0) is 4.74 Å². The summed E-state index contributed by atoms with van der Waals surface area (Å²) in [5, 5.41) is 0. The van der Waals surface area contributed by atoms with Crippen molar-refractivity contribution in [2.45, 2.75) is 77.0 Å². The molecule has 0 aromatic heterocycles. The van der Waals surface area contributed by atoms with Gasteiger partial charge in [0, 0.05) is 10.8 Å². The van der Waals surface area contributed by atoms with Crippen molar-refractivity contribution in [1.29, 1.82) is 0 Å². The van der Waals surface area contributed by atoms with E-state index in [2.05, 4.69) is 13.2 Å². The quantitative estimate of drug-likeness (QED) is 0.534. The molecule has 8 bridgehead atoms. The Morgan fingerprint density at radius 1 is 0.520 bits per heavy atom. The molecule has 0 aromatic carbocycles. The van der Waals surface area contributed by atoms with Crippen LogP contribution in [-0.4, -0.2) is 0 Å². The lowest BCUT2D eigenvalue weighted by Gasteiger charge is -2.59. The Kier molecular flexibility index (Phi) is 3.04. The molecule has 8 rings (SSSR count). The average Bonchev–Trinajstić information content (AvgIpc) is 2.52. The second kappa shape index (κ2) is 4.96. The minimum Gasteiger partial charge on any atom is -0.466 e. The average molecular weight is 339 g/mol. The van der Waals surface area contributed by atoms with Gasteiger partial charge >= 0.3 is 0 Å². The highest BCUT2D eigenvalue weighted by atomic mass is 16.5. The van der Waals surface area contributed by atoms with E-state index < -0.39 is 0 Å². The van der Waals surface area contributed by atoms with Crippen molar-refractivity contribution < 1.29 is 4.74 Å². The highest BCUT2D eigenvalue weighted by Gasteiger charge is 2.56. The minimum atomic E-state index is 0.306. The van der Waals surface area contributed by atoms with Gasteiger partial charge in [0.25, 0.3) is 0 Å². The van der Waals surface area contributed by atoms with E-state index in [1.807, 2.05) is 0 Å². The largest absolute Gasteiger partial charge is 0.466 e. The van der Waals surface area contributed by atoms with Gasteiger partial charge in [0.1, 0.15) is 11.5 Å². The fourth-order valence-electron chi connectivity index (χ4n) is 9.27. The third-order valence-corrected chi connectivity index (χ3v) is 9.51. The van der Waals surface area contributed by atoms with Crippen LogP contribution in [0.2, 0.25) is 0 Å². The van der Waals surface area contributed by atoms with Gasteiger partial charge in [-0.1, -0.05) is 13.2 Å². The highest BCUT2D eigenvalue weighted by Crippen LogP contribution is 2.65. The summed E-state index contributed by atoms with van der Waals surface area (Å²) in [6.45, 7) is 9.06. The Morgan fingerprint density at radius 3 is 1.00 bits per heavy atom. The molecule has 0 aliphatic heterocycles. The summed E-state index contributed by atoms with van der Waals surface area (Å²) in [5.41, 5.74) is 0.611. The predicted octanol–water partition coefficient (Wildman–Crippen LogP) is 6.46. The van der Waals surface area contributed by atoms with E-state index in [-0.39, 0.29) is 0 Å². The third-order valence-electron chi connectivity index (χ3n) is 9.51. The maximum Gasteiger partial charge on any atom is 0.103 e. The Morgan fingerprint density at radius 2 is 0.760 bits per heavy atom. The van der Waals surface area contributed by atoms with E-state index in [0.717, 1.165) is 47.0 Å². The van der Waals surface area contributed by atoms with Crippen molar-refractivity contribution in [1.82, 2.24) is 0 Å². The first-order valence-corrected chi connectivity index (χ1v) is 11.1. The zero-order chi connectivity index (χ0) is 16.8. The monoisotopic (exact) mass is 338 g/mol. The van der Waals surface area contributed by atoms with Gasteiger partial charge in [-0.2, -0.15) is 0 Å². The van der Waals surface area contributed by atoms with Crippen LogP contribution in [0.4, 0.5) is 0 Å². The molecule has 0 aromatic rings. The van der Waals surface area contributed by atoms with Gasteiger partial charge in [0.2, 0.25) is 0 Å². The molecule has 8 aliphatic carbocycles. The SMILES string of the molecule is C=C(OC(=C)C12CC3CC(CC(C3)C1)C2)C12CC3CC(CC(C3)C1)C2. The lowest BCUT2D eigenvalue weighted by Crippen LogP contribution is -2.49. The fourth-order valence-corrected chi connectivity index (χ4v) is 9.27. The van der Waals surface area contributed by atoms with E-state index in [1.54, 1.807) is 0 Å². The van der Waals surface area contributed by atoms with Crippen LogP contribution in [0.1, 0.15) is 77.0 Å². The molecule has 0 spiro atoms. The molecule has 1 heteroatoms. The molecule has 136 valence electrons. The third kappa shape index (κ3) is 2.20. The van der Waals surface area contributed by atoms with Crippen LogP contribution in [0.3, 0.4) is 0 Å². The van der Waals surface area contributed by atoms with Gasteiger partial charge in [0.05, 0.1) is 0 Å². The molecule has 0 atom stereocenters. The summed E-state index contributed by atoms with van der Waals surface area (Å²) in [4.78, 5) is 0. The second-order valence-electron chi connectivity index (χ2n) is 11.3. The number of ether oxygens (including phenoxy) is 1. The molecule has 0 heterocycles. The second-order valence-corrected chi connectivity index (χ2v) is 11.3. The molecule has 8 aliphatic rings. The molecular weight excluding hydrogens is 304 g/mol. The number of hydrogen-bond donors (Lipinski definition) is 0. The smallest absolute Gasteiger partial charge is 0.103 e. The van der Waals surface area contributed by atoms with Crippen LogP contribution in [0, 0.1) is 46.3 Å². The molecular formula is C24H34O. The van der Waals surface area contributed by atoms with Crippen LogP contribution in [0.25, 0.3) is 0 Å². The van der Waals surface area contributed by atoms with E-state index in [0.29, 0.717) is 10.8 Å². The zero-order valence-corrected chi connectivity index (χ0v) is 15.8. The van der Waals surface area contributed by atoms with E-state index in [1.165, 1.54) is 77.0 Å². The maximum atomic E-state index is 6.63. The molecule has 8 fully saturated rings. The Hall–Kier alpha value is -0.720. The summed E-state index contributed by atoms with van der Waals surface area (Å²) in [7, 11) is 0. The molecule has 0 radical (unpaired) electrons. The lowest BCUT2D eigenvalue weighted by molar-refractivity contribution is -0.0790. The standard InChI is InChI=1S/C24H34O/c1-15(23-9-17-3-18(10-23)5-19(4-17)11-23)25-16(2)24-12-20-6-21(13-24)8-22(7-20)14-24/h17-22H,1-14H2. The zero-order valence-electron chi connectivity index (χ0n) is 15.8. The van der Waals surface area contributed by atoms with Gasteiger partial charge in [-0.25, -0.2) is 0 Å². The van der Waals surface area contributed by atoms with Crippen molar-refractivity contribution in [3.05, 3.63) is 24.7 Å². The van der Waals surface area contributed by atoms with Crippen molar-refractivity contribution in [2.75, 3.05) is 0 Å². The molecule has 8 saturated carbocycles. The molecule has 0 N–H and O–H groups in total. The van der Waals surface area contributed by atoms with Crippen molar-refractivity contribution in [2.24, 2.45) is 46.3 Å². The normalized spacial score (nSPS) is 54.7. The van der Waals surface area contributed by atoms with Crippen molar-refractivity contribution >= 4 is 0 Å². The van der Waals surface area contributed by atoms with Crippen molar-refractivity contribution in [3.63, 3.8) is 0 Å². The molecule has 0 unspecified atom stereocenters. The molecule has 0 amide bonds. The van der Waals surface area contributed by atoms with E-state index >= 15 is 0 Å². The van der Waals surface area contributed by atoms with Crippen LogP contribution in [0.15, 0.2) is 24.7 Å². The van der Waals surface area contributed by atoms with E-state index in [4.69, 9.17) is 4.74 Å². The summed E-state index contributed by atoms with van der Waals surface area (Å²) in [6.07, 6.45) is 17.1. The predicted molar refractivity (Wildman–Crippen MR) is 101 cm³/mol. The van der Waals surface area contributed by atoms with Crippen molar-refractivity contribution in [3.8, 4) is 0 Å². The number of rotatable bonds is 4. The summed E-state index contributed by atoms with van der Waals surface area (Å²) < 4.78 is 6.63. The van der Waals surface area contributed by atoms with Gasteiger partial charge < -0.3 is 4.74 Å². The van der Waals surface area contributed by atoms with Gasteiger partial charge in [-0.05, 0) is 113 Å². The Bertz CT molecular complexity index is 501. The number of allylic oxidation sites excluding steroid dienone is 2. The van der Waals surface area contributed by atoms with Crippen LogP contribution >= 0.6 is 0 Å². The van der Waals surface area contributed by atoms with Gasteiger partial charge in [-0.15, -0.1) is 0 Å². The molecule has 1 nitrogen and oxygen atoms in total. The summed E-state index contributed by atoms with van der Waals surface area (Å²) in [6, 6.07) is 0. The number of hydrogen-bond acceptors (Lipinski definition) is 1. The lowest BCUT2D eigenvalue weighted by atomic mass is 9.48. The molecule has 25 heavy (non-hydrogen) atoms. The Labute approximate surface area is 153 Å². The fraction of sp³-hybridized carbons (Fsp3) is 0.833. The van der Waals surface area contributed by atoms with Gasteiger partial charge in [0.15, 0.2) is 0 Å². The first kappa shape index (κ1) is 15.3. The van der Waals surface area contributed by atoms with Gasteiger partial charge in [-0.3, -0.25) is 0 Å². The topological polar surface area (TPSA) is 9.23 Å². The summed E-state index contributed by atoms with van der Waals surface area (Å²) in [5.74, 6) is 7.98. The summed E-state index contributed by atoms with van der Waals surface area (Å²) >= 11 is 0. The van der Waals surface area contributed by atoms with Crippen LogP contribution in [0.5, 0.6) is 0 Å².